The van der Waals surface area contributed by atoms with Gasteiger partial charge in [0.25, 0.3) is 0 Å². The highest BCUT2D eigenvalue weighted by Gasteiger charge is 2.28. The summed E-state index contributed by atoms with van der Waals surface area (Å²) in [6, 6.07) is 2.19. The fourth-order valence-corrected chi connectivity index (χ4v) is 2.16. The molecule has 0 amide bonds. The molecule has 0 bridgehead atoms. The fourth-order valence-electron chi connectivity index (χ4n) is 2.16. The molecule has 0 spiro atoms. The van der Waals surface area contributed by atoms with Crippen LogP contribution in [0.4, 0.5) is 11.6 Å². The summed E-state index contributed by atoms with van der Waals surface area (Å²) in [6.07, 6.45) is 3.97. The fraction of sp³-hybridized carbons (Fsp3) is 0.667. The molecule has 108 valence electrons. The minimum atomic E-state index is 0.510. The van der Waals surface area contributed by atoms with Gasteiger partial charge in [-0.05, 0) is 26.2 Å². The Bertz CT molecular complexity index is 502. The van der Waals surface area contributed by atoms with Gasteiger partial charge in [0, 0.05) is 31.6 Å². The molecule has 1 heterocycles. The Morgan fingerprint density at radius 2 is 2.15 bits per heavy atom. The van der Waals surface area contributed by atoms with Crippen LogP contribution in [0.1, 0.15) is 49.9 Å². The molecule has 5 nitrogen and oxygen atoms in total. The molecule has 0 aromatic carbocycles. The van der Waals surface area contributed by atoms with E-state index in [4.69, 9.17) is 10.2 Å². The highest BCUT2D eigenvalue weighted by Crippen LogP contribution is 2.39. The van der Waals surface area contributed by atoms with Crippen LogP contribution in [0.5, 0.6) is 0 Å². The normalized spacial score (nSPS) is 13.9. The topological polar surface area (TPSA) is 64.8 Å². The van der Waals surface area contributed by atoms with Crippen molar-refractivity contribution >= 4 is 11.6 Å². The van der Waals surface area contributed by atoms with Gasteiger partial charge < -0.3 is 10.2 Å². The number of rotatable bonds is 7. The molecule has 1 aromatic rings. The first-order valence-electron chi connectivity index (χ1n) is 7.37. The van der Waals surface area contributed by atoms with Crippen LogP contribution < -0.4 is 10.2 Å². The molecule has 0 atom stereocenters. The molecule has 1 aromatic heterocycles. The van der Waals surface area contributed by atoms with E-state index in [9.17, 15) is 0 Å². The highest BCUT2D eigenvalue weighted by molar-refractivity contribution is 5.58. The van der Waals surface area contributed by atoms with Gasteiger partial charge in [0.1, 0.15) is 17.5 Å². The van der Waals surface area contributed by atoms with Crippen LogP contribution in [0.25, 0.3) is 0 Å². The van der Waals surface area contributed by atoms with Crippen LogP contribution in [-0.2, 0) is 0 Å². The third-order valence-corrected chi connectivity index (χ3v) is 3.54. The summed E-state index contributed by atoms with van der Waals surface area (Å²) in [5, 5.41) is 12.1. The Morgan fingerprint density at radius 1 is 1.40 bits per heavy atom. The summed E-state index contributed by atoms with van der Waals surface area (Å²) < 4.78 is 0. The van der Waals surface area contributed by atoms with Gasteiger partial charge >= 0.3 is 0 Å². The molecule has 1 N–H and O–H groups in total. The van der Waals surface area contributed by atoms with Crippen LogP contribution in [0.3, 0.4) is 0 Å². The smallest absolute Gasteiger partial charge is 0.137 e. The average molecular weight is 273 g/mol. The summed E-state index contributed by atoms with van der Waals surface area (Å²) in [6.45, 7) is 5.81. The lowest BCUT2D eigenvalue weighted by molar-refractivity contribution is 0.837. The molecule has 2 rings (SSSR count). The van der Waals surface area contributed by atoms with E-state index in [1.54, 1.807) is 0 Å². The van der Waals surface area contributed by atoms with E-state index in [1.165, 1.54) is 12.8 Å². The van der Waals surface area contributed by atoms with E-state index in [0.29, 0.717) is 18.9 Å². The minimum absolute atomic E-state index is 0.510. The summed E-state index contributed by atoms with van der Waals surface area (Å²) in [7, 11) is 1.99. The third-order valence-electron chi connectivity index (χ3n) is 3.54. The van der Waals surface area contributed by atoms with Crippen LogP contribution in [0.2, 0.25) is 0 Å². The first kappa shape index (κ1) is 14.6. The lowest BCUT2D eigenvalue weighted by Gasteiger charge is -2.21. The number of hydrogen-bond donors (Lipinski definition) is 1. The molecule has 0 saturated heterocycles. The number of hydrogen-bond acceptors (Lipinski definition) is 5. The van der Waals surface area contributed by atoms with Gasteiger partial charge in [-0.25, -0.2) is 9.97 Å². The zero-order chi connectivity index (χ0) is 14.5. The largest absolute Gasteiger partial charge is 0.370 e. The Labute approximate surface area is 121 Å². The number of aromatic nitrogens is 2. The van der Waals surface area contributed by atoms with Gasteiger partial charge in [0.2, 0.25) is 0 Å². The minimum Gasteiger partial charge on any atom is -0.370 e. The van der Waals surface area contributed by atoms with Crippen molar-refractivity contribution in [2.45, 2.75) is 45.4 Å². The van der Waals surface area contributed by atoms with Crippen molar-refractivity contribution in [1.29, 1.82) is 5.26 Å². The monoisotopic (exact) mass is 273 g/mol. The molecule has 1 aliphatic rings. The van der Waals surface area contributed by atoms with Crippen LogP contribution in [0, 0.1) is 18.3 Å². The molecular formula is C15H23N5. The second kappa shape index (κ2) is 6.56. The number of nitrogens with zero attached hydrogens (tertiary/aromatic N) is 4. The second-order valence-corrected chi connectivity index (χ2v) is 5.41. The van der Waals surface area contributed by atoms with Crippen LogP contribution in [0.15, 0.2) is 0 Å². The first-order valence-corrected chi connectivity index (χ1v) is 7.37. The lowest BCUT2D eigenvalue weighted by atomic mass is 10.2. The van der Waals surface area contributed by atoms with E-state index in [1.807, 2.05) is 14.0 Å². The van der Waals surface area contributed by atoms with Crippen molar-refractivity contribution in [3.05, 3.63) is 11.4 Å². The summed E-state index contributed by atoms with van der Waals surface area (Å²) >= 11 is 0. The molecule has 20 heavy (non-hydrogen) atoms. The summed E-state index contributed by atoms with van der Waals surface area (Å²) in [5.41, 5.74) is 1.07. The average Bonchev–Trinajstić information content (AvgIpc) is 3.28. The summed E-state index contributed by atoms with van der Waals surface area (Å²) in [5.74, 6) is 3.38. The predicted molar refractivity (Wildman–Crippen MR) is 81.0 cm³/mol. The molecule has 0 radical (unpaired) electrons. The molecule has 0 aliphatic heterocycles. The maximum Gasteiger partial charge on any atom is 0.137 e. The maximum atomic E-state index is 8.73. The van der Waals surface area contributed by atoms with E-state index in [-0.39, 0.29) is 0 Å². The van der Waals surface area contributed by atoms with E-state index >= 15 is 0 Å². The number of nitriles is 1. The van der Waals surface area contributed by atoms with Gasteiger partial charge in [-0.2, -0.15) is 5.26 Å². The van der Waals surface area contributed by atoms with Crippen molar-refractivity contribution in [1.82, 2.24) is 9.97 Å². The van der Waals surface area contributed by atoms with Gasteiger partial charge in [-0.1, -0.05) is 6.92 Å². The molecule has 0 unspecified atom stereocenters. The van der Waals surface area contributed by atoms with E-state index < -0.39 is 0 Å². The SMILES string of the molecule is CCCNc1nc(C2CC2)nc(N(C)CCC#N)c1C. The van der Waals surface area contributed by atoms with Crippen molar-refractivity contribution in [3.63, 3.8) is 0 Å². The van der Waals surface area contributed by atoms with Crippen LogP contribution in [-0.4, -0.2) is 30.1 Å². The van der Waals surface area contributed by atoms with Crippen molar-refractivity contribution in [3.8, 4) is 6.07 Å². The Kier molecular flexibility index (Phi) is 4.78. The molecule has 1 aliphatic carbocycles. The van der Waals surface area contributed by atoms with Crippen molar-refractivity contribution < 1.29 is 0 Å². The first-order chi connectivity index (χ1) is 9.67. The highest BCUT2D eigenvalue weighted by atomic mass is 15.2. The van der Waals surface area contributed by atoms with Crippen molar-refractivity contribution in [2.75, 3.05) is 30.4 Å². The Hall–Kier alpha value is -1.83. The molecule has 1 saturated carbocycles. The molecule has 1 fully saturated rings. The van der Waals surface area contributed by atoms with Gasteiger partial charge in [0.05, 0.1) is 12.5 Å². The molecule has 5 heteroatoms. The number of anilines is 2. The van der Waals surface area contributed by atoms with E-state index in [0.717, 1.165) is 36.0 Å². The van der Waals surface area contributed by atoms with E-state index in [2.05, 4.69) is 28.2 Å². The summed E-state index contributed by atoms with van der Waals surface area (Å²) in [4.78, 5) is 11.5. The maximum absolute atomic E-state index is 8.73. The van der Waals surface area contributed by atoms with Gasteiger partial charge in [-0.15, -0.1) is 0 Å². The zero-order valence-electron chi connectivity index (χ0n) is 12.6. The molecular weight excluding hydrogens is 250 g/mol. The quantitative estimate of drug-likeness (QED) is 0.827. The standard InChI is InChI=1S/C15H23N5/c1-4-9-17-13-11(2)15(20(3)10-5-8-16)19-14(18-13)12-6-7-12/h12H,4-7,9-10H2,1-3H3,(H,17,18,19). The van der Waals surface area contributed by atoms with Crippen LogP contribution >= 0.6 is 0 Å². The van der Waals surface area contributed by atoms with Crippen molar-refractivity contribution in [2.24, 2.45) is 0 Å². The second-order valence-electron chi connectivity index (χ2n) is 5.41. The van der Waals surface area contributed by atoms with Gasteiger partial charge in [0.15, 0.2) is 0 Å². The Balaban J connectivity index is 2.28. The number of nitrogens with one attached hydrogen (secondary N) is 1. The predicted octanol–water partition coefficient (Wildman–Crippen LogP) is 2.83. The zero-order valence-corrected chi connectivity index (χ0v) is 12.6. The Morgan fingerprint density at radius 3 is 2.75 bits per heavy atom. The lowest BCUT2D eigenvalue weighted by Crippen LogP contribution is -2.22. The van der Waals surface area contributed by atoms with Gasteiger partial charge in [-0.3, -0.25) is 0 Å². The third kappa shape index (κ3) is 3.38.